The maximum Gasteiger partial charge on any atom is 0.305 e. The van der Waals surface area contributed by atoms with Gasteiger partial charge in [-0.1, -0.05) is 0 Å². The van der Waals surface area contributed by atoms with E-state index in [4.69, 9.17) is 9.84 Å². The van der Waals surface area contributed by atoms with Crippen LogP contribution < -0.4 is 0 Å². The van der Waals surface area contributed by atoms with Crippen molar-refractivity contribution >= 4 is 5.97 Å². The van der Waals surface area contributed by atoms with Crippen molar-refractivity contribution in [3.8, 4) is 0 Å². The lowest BCUT2D eigenvalue weighted by molar-refractivity contribution is -0.140. The number of hydrogen-bond acceptors (Lipinski definition) is 3. The third-order valence-electron chi connectivity index (χ3n) is 2.30. The van der Waals surface area contributed by atoms with Crippen LogP contribution in [-0.2, 0) is 9.53 Å². The predicted octanol–water partition coefficient (Wildman–Crippen LogP) is 1.82. The van der Waals surface area contributed by atoms with E-state index in [9.17, 15) is 4.79 Å². The lowest BCUT2D eigenvalue weighted by Gasteiger charge is -2.44. The van der Waals surface area contributed by atoms with Crippen LogP contribution in [-0.4, -0.2) is 34.2 Å². The summed E-state index contributed by atoms with van der Waals surface area (Å²) in [6.07, 6.45) is 1.06. The number of ether oxygens (including phenoxy) is 1. The first-order chi connectivity index (χ1) is 6.79. The number of hydrogen-bond donors (Lipinski definition) is 1. The molecule has 0 saturated carbocycles. The zero-order valence-electron chi connectivity index (χ0n) is 9.62. The Hall–Kier alpha value is -1.19. The fourth-order valence-electron chi connectivity index (χ4n) is 1.59. The Kier molecular flexibility index (Phi) is 3.27. The fraction of sp³-hybridized carbons (Fsp3) is 0.727. The van der Waals surface area contributed by atoms with Gasteiger partial charge in [0.25, 0.3) is 0 Å². The van der Waals surface area contributed by atoms with E-state index < -0.39 is 5.97 Å². The lowest BCUT2D eigenvalue weighted by Crippen LogP contribution is -2.49. The van der Waals surface area contributed by atoms with Gasteiger partial charge >= 0.3 is 5.97 Å². The van der Waals surface area contributed by atoms with Gasteiger partial charge in [-0.15, -0.1) is 0 Å². The van der Waals surface area contributed by atoms with Crippen molar-refractivity contribution in [2.45, 2.75) is 45.3 Å². The molecule has 4 heteroatoms. The van der Waals surface area contributed by atoms with Crippen LogP contribution in [0.25, 0.3) is 0 Å². The highest BCUT2D eigenvalue weighted by atomic mass is 16.5. The van der Waals surface area contributed by atoms with E-state index in [0.29, 0.717) is 5.88 Å². The number of carboxylic acid groups (broad SMARTS) is 1. The number of likely N-dealkylation sites (tertiary alicyclic amines) is 1. The van der Waals surface area contributed by atoms with Crippen LogP contribution in [0.15, 0.2) is 12.5 Å². The Bertz CT molecular complexity index is 267. The minimum atomic E-state index is -0.770. The fourth-order valence-corrected chi connectivity index (χ4v) is 1.59. The van der Waals surface area contributed by atoms with Crippen molar-refractivity contribution in [3.05, 3.63) is 12.5 Å². The molecule has 0 aliphatic carbocycles. The molecule has 0 aromatic heterocycles. The minimum Gasteiger partial charge on any atom is -0.481 e. The number of nitrogens with zero attached hydrogens (tertiary/aromatic N) is 1. The van der Waals surface area contributed by atoms with Crippen LogP contribution in [0.5, 0.6) is 0 Å². The van der Waals surface area contributed by atoms with Gasteiger partial charge in [0.05, 0.1) is 6.42 Å². The maximum absolute atomic E-state index is 10.6. The van der Waals surface area contributed by atoms with Crippen LogP contribution in [0, 0.1) is 0 Å². The number of rotatable bonds is 4. The monoisotopic (exact) mass is 213 g/mol. The summed E-state index contributed by atoms with van der Waals surface area (Å²) in [6.45, 7) is 10.5. The van der Waals surface area contributed by atoms with Crippen LogP contribution in [0.1, 0.15) is 33.6 Å². The van der Waals surface area contributed by atoms with E-state index in [2.05, 4.69) is 6.58 Å². The van der Waals surface area contributed by atoms with E-state index in [0.717, 1.165) is 13.0 Å². The first-order valence-electron chi connectivity index (χ1n) is 5.16. The molecule has 1 saturated heterocycles. The molecule has 1 atom stereocenters. The molecule has 0 bridgehead atoms. The Balaban J connectivity index is 2.44. The van der Waals surface area contributed by atoms with E-state index in [1.807, 2.05) is 25.7 Å². The zero-order chi connectivity index (χ0) is 11.6. The van der Waals surface area contributed by atoms with Crippen molar-refractivity contribution in [2.24, 2.45) is 0 Å². The van der Waals surface area contributed by atoms with Crippen molar-refractivity contribution in [1.82, 2.24) is 4.90 Å². The van der Waals surface area contributed by atoms with E-state index in [1.54, 1.807) is 0 Å². The highest BCUT2D eigenvalue weighted by molar-refractivity contribution is 5.67. The summed E-state index contributed by atoms with van der Waals surface area (Å²) in [6, 6.07) is 0.0531. The molecule has 0 spiro atoms. The van der Waals surface area contributed by atoms with Gasteiger partial charge in [-0.2, -0.15) is 0 Å². The van der Waals surface area contributed by atoms with Gasteiger partial charge in [0.2, 0.25) is 0 Å². The number of carboxylic acids is 1. The SMILES string of the molecule is C=C(OC(C)(C)C)N1CC[C@H]1CC(=O)O. The molecular formula is C11H19NO3. The van der Waals surface area contributed by atoms with Crippen molar-refractivity contribution < 1.29 is 14.6 Å². The van der Waals surface area contributed by atoms with Gasteiger partial charge in [-0.05, 0) is 33.8 Å². The smallest absolute Gasteiger partial charge is 0.305 e. The Labute approximate surface area is 90.5 Å². The molecule has 4 nitrogen and oxygen atoms in total. The van der Waals surface area contributed by atoms with Crippen LogP contribution in [0.3, 0.4) is 0 Å². The van der Waals surface area contributed by atoms with Gasteiger partial charge in [0, 0.05) is 12.6 Å². The molecule has 86 valence electrons. The Morgan fingerprint density at radius 3 is 2.53 bits per heavy atom. The lowest BCUT2D eigenvalue weighted by atomic mass is 10.0. The summed E-state index contributed by atoms with van der Waals surface area (Å²) in [7, 11) is 0. The third kappa shape index (κ3) is 3.46. The molecule has 1 fully saturated rings. The molecule has 1 rings (SSSR count). The summed E-state index contributed by atoms with van der Waals surface area (Å²) in [5.41, 5.74) is -0.277. The molecule has 0 unspecified atom stereocenters. The van der Waals surface area contributed by atoms with E-state index in [-0.39, 0.29) is 18.1 Å². The second-order valence-corrected chi connectivity index (χ2v) is 4.84. The first kappa shape index (κ1) is 11.9. The van der Waals surface area contributed by atoms with Crippen LogP contribution >= 0.6 is 0 Å². The molecular weight excluding hydrogens is 194 g/mol. The van der Waals surface area contributed by atoms with Gasteiger partial charge in [-0.25, -0.2) is 0 Å². The molecule has 1 N–H and O–H groups in total. The van der Waals surface area contributed by atoms with Gasteiger partial charge in [0.1, 0.15) is 5.60 Å². The highest BCUT2D eigenvalue weighted by Crippen LogP contribution is 2.27. The third-order valence-corrected chi connectivity index (χ3v) is 2.30. The van der Waals surface area contributed by atoms with Crippen molar-refractivity contribution in [3.63, 3.8) is 0 Å². The van der Waals surface area contributed by atoms with Gasteiger partial charge in [0.15, 0.2) is 5.88 Å². The van der Waals surface area contributed by atoms with Gasteiger partial charge < -0.3 is 14.7 Å². The average Bonchev–Trinajstić information content (AvgIpc) is 1.93. The second-order valence-electron chi connectivity index (χ2n) is 4.84. The second kappa shape index (κ2) is 4.13. The number of aliphatic carboxylic acids is 1. The predicted molar refractivity (Wildman–Crippen MR) is 57.3 cm³/mol. The summed E-state index contributed by atoms with van der Waals surface area (Å²) in [5, 5.41) is 8.68. The molecule has 0 aromatic rings. The molecule has 0 aromatic carbocycles. The summed E-state index contributed by atoms with van der Waals surface area (Å²) in [5.74, 6) is -0.187. The average molecular weight is 213 g/mol. The minimum absolute atomic E-state index is 0.0531. The summed E-state index contributed by atoms with van der Waals surface area (Å²) < 4.78 is 5.59. The largest absolute Gasteiger partial charge is 0.481 e. The van der Waals surface area contributed by atoms with Crippen LogP contribution in [0.2, 0.25) is 0 Å². The summed E-state index contributed by atoms with van der Waals surface area (Å²) in [4.78, 5) is 12.5. The van der Waals surface area contributed by atoms with E-state index in [1.165, 1.54) is 0 Å². The Morgan fingerprint density at radius 1 is 1.60 bits per heavy atom. The van der Waals surface area contributed by atoms with Crippen LogP contribution in [0.4, 0.5) is 0 Å². The number of carbonyl (C=O) groups is 1. The quantitative estimate of drug-likeness (QED) is 0.724. The normalized spacial score (nSPS) is 20.7. The van der Waals surface area contributed by atoms with E-state index >= 15 is 0 Å². The maximum atomic E-state index is 10.6. The molecule has 1 heterocycles. The molecule has 0 radical (unpaired) electrons. The van der Waals surface area contributed by atoms with Crippen molar-refractivity contribution in [2.75, 3.05) is 6.54 Å². The molecule has 0 amide bonds. The standard InChI is InChI=1S/C11H19NO3/c1-8(15-11(2,3)4)12-6-5-9(12)7-10(13)14/h9H,1,5-7H2,2-4H3,(H,13,14)/t9-/m0/s1. The zero-order valence-corrected chi connectivity index (χ0v) is 9.62. The first-order valence-corrected chi connectivity index (χ1v) is 5.16. The molecule has 1 aliphatic heterocycles. The van der Waals surface area contributed by atoms with Gasteiger partial charge in [-0.3, -0.25) is 4.79 Å². The Morgan fingerprint density at radius 2 is 2.20 bits per heavy atom. The van der Waals surface area contributed by atoms with Crippen molar-refractivity contribution in [1.29, 1.82) is 0 Å². The highest BCUT2D eigenvalue weighted by Gasteiger charge is 2.32. The summed E-state index contributed by atoms with van der Waals surface area (Å²) >= 11 is 0. The topological polar surface area (TPSA) is 49.8 Å². The molecule has 15 heavy (non-hydrogen) atoms. The molecule has 1 aliphatic rings.